The van der Waals surface area contributed by atoms with Crippen LogP contribution in [0.25, 0.3) is 0 Å². The van der Waals surface area contributed by atoms with Crippen molar-refractivity contribution >= 4 is 21.9 Å². The Morgan fingerprint density at radius 2 is 1.15 bits per heavy atom. The fourth-order valence-corrected chi connectivity index (χ4v) is 6.12. The molecule has 5 aliphatic rings. The number of halogens is 7. The van der Waals surface area contributed by atoms with Crippen molar-refractivity contribution in [1.29, 1.82) is 0 Å². The summed E-state index contributed by atoms with van der Waals surface area (Å²) >= 11 is 0. The standard InChI is InChI=1S/C17H17F2NO5.C10H13F5O6S/c18-17(19,13-9-16(5-6-23-13)24-7-8-25-16)10-20-14(21)11-3-1-2-4-12(11)15(20)22;11-9(12,6-21-22(16,17)10(13,14)15)7-5-8(1-2-18-7)19-3-4-20-8/h1-4,13H,5-10H2;7H,1-6H2. The number of ether oxygens (including phenoxy) is 6. The lowest BCUT2D eigenvalue weighted by molar-refractivity contribution is -0.261. The van der Waals surface area contributed by atoms with Crippen LogP contribution in [0.1, 0.15) is 46.4 Å². The van der Waals surface area contributed by atoms with Gasteiger partial charge in [-0.25, -0.2) is 17.6 Å². The van der Waals surface area contributed by atoms with Crippen molar-refractivity contribution in [1.82, 2.24) is 4.90 Å². The first kappa shape index (κ1) is 35.8. The van der Waals surface area contributed by atoms with Gasteiger partial charge in [-0.1, -0.05) is 12.1 Å². The average molecular weight is 710 g/mol. The van der Waals surface area contributed by atoms with Crippen LogP contribution in [0.4, 0.5) is 30.7 Å². The Kier molecular flexibility index (Phi) is 9.99. The van der Waals surface area contributed by atoms with E-state index in [9.17, 15) is 48.7 Å². The summed E-state index contributed by atoms with van der Waals surface area (Å²) in [5.74, 6) is -11.1. The zero-order valence-corrected chi connectivity index (χ0v) is 25.3. The van der Waals surface area contributed by atoms with Gasteiger partial charge in [0.2, 0.25) is 0 Å². The molecule has 2 atom stereocenters. The highest BCUT2D eigenvalue weighted by atomic mass is 32.2. The first-order valence-electron chi connectivity index (χ1n) is 14.3. The molecule has 5 heterocycles. The zero-order valence-electron chi connectivity index (χ0n) is 24.4. The number of benzene rings is 1. The number of rotatable bonds is 7. The zero-order chi connectivity index (χ0) is 34.3. The molecule has 264 valence electrons. The topological polar surface area (TPSA) is 136 Å². The summed E-state index contributed by atoms with van der Waals surface area (Å²) in [6, 6.07) is 6.10. The quantitative estimate of drug-likeness (QED) is 0.179. The lowest BCUT2D eigenvalue weighted by Crippen LogP contribution is -2.53. The molecule has 1 aromatic rings. The summed E-state index contributed by atoms with van der Waals surface area (Å²) < 4.78 is 150. The van der Waals surface area contributed by atoms with Crippen LogP contribution < -0.4 is 0 Å². The smallest absolute Gasteiger partial charge is 0.371 e. The van der Waals surface area contributed by atoms with E-state index >= 15 is 0 Å². The van der Waals surface area contributed by atoms with E-state index in [1.54, 1.807) is 12.1 Å². The number of carbonyl (C=O) groups is 2. The van der Waals surface area contributed by atoms with Gasteiger partial charge in [0.15, 0.2) is 11.6 Å². The summed E-state index contributed by atoms with van der Waals surface area (Å²) in [7, 11) is -6.10. The molecule has 0 radical (unpaired) electrons. The van der Waals surface area contributed by atoms with Crippen LogP contribution in [0, 0.1) is 0 Å². The Morgan fingerprint density at radius 1 is 0.723 bits per heavy atom. The van der Waals surface area contributed by atoms with E-state index in [2.05, 4.69) is 4.18 Å². The number of fused-ring (bicyclic) bond motifs is 1. The monoisotopic (exact) mass is 709 g/mol. The van der Waals surface area contributed by atoms with Gasteiger partial charge in [0.25, 0.3) is 23.7 Å². The van der Waals surface area contributed by atoms with Crippen molar-refractivity contribution in [3.63, 3.8) is 0 Å². The van der Waals surface area contributed by atoms with Crippen LogP contribution in [0.5, 0.6) is 0 Å². The number of imide groups is 1. The van der Waals surface area contributed by atoms with Crippen LogP contribution >= 0.6 is 0 Å². The third kappa shape index (κ3) is 7.58. The molecule has 2 amide bonds. The molecule has 0 saturated carbocycles. The fourth-order valence-electron chi connectivity index (χ4n) is 5.67. The molecule has 47 heavy (non-hydrogen) atoms. The van der Waals surface area contributed by atoms with Crippen LogP contribution in [0.3, 0.4) is 0 Å². The molecule has 2 unspecified atom stereocenters. The molecule has 20 heteroatoms. The number of carbonyl (C=O) groups excluding carboxylic acids is 2. The van der Waals surface area contributed by atoms with Crippen LogP contribution in [0.2, 0.25) is 0 Å². The maximum Gasteiger partial charge on any atom is 0.523 e. The Labute approximate surface area is 263 Å². The van der Waals surface area contributed by atoms with E-state index in [1.807, 2.05) is 0 Å². The highest BCUT2D eigenvalue weighted by molar-refractivity contribution is 7.87. The number of amides is 2. The Balaban J connectivity index is 0.000000186. The molecule has 4 saturated heterocycles. The van der Waals surface area contributed by atoms with Crippen molar-refractivity contribution in [2.24, 2.45) is 0 Å². The van der Waals surface area contributed by atoms with Crippen LogP contribution in [-0.2, 0) is 42.7 Å². The average Bonchev–Trinajstić information content (AvgIpc) is 3.72. The van der Waals surface area contributed by atoms with Gasteiger partial charge >= 0.3 is 15.6 Å². The predicted octanol–water partition coefficient (Wildman–Crippen LogP) is 3.25. The predicted molar refractivity (Wildman–Crippen MR) is 140 cm³/mol. The Morgan fingerprint density at radius 3 is 1.57 bits per heavy atom. The molecule has 1 aromatic carbocycles. The molecule has 5 aliphatic heterocycles. The van der Waals surface area contributed by atoms with Crippen molar-refractivity contribution in [3.05, 3.63) is 35.4 Å². The minimum atomic E-state index is -6.10. The van der Waals surface area contributed by atoms with E-state index < -0.39 is 82.6 Å². The van der Waals surface area contributed by atoms with E-state index in [0.717, 1.165) is 0 Å². The largest absolute Gasteiger partial charge is 0.523 e. The molecule has 0 bridgehead atoms. The number of hydrogen-bond acceptors (Lipinski definition) is 11. The minimum absolute atomic E-state index is 0.0718. The third-order valence-corrected chi connectivity index (χ3v) is 9.10. The lowest BCUT2D eigenvalue weighted by atomic mass is 9.97. The van der Waals surface area contributed by atoms with Crippen LogP contribution in [0.15, 0.2) is 24.3 Å². The Hall–Kier alpha value is -2.46. The minimum Gasteiger partial charge on any atom is -0.371 e. The van der Waals surface area contributed by atoms with Crippen molar-refractivity contribution in [3.8, 4) is 0 Å². The summed E-state index contributed by atoms with van der Waals surface area (Å²) in [6.45, 7) is -1.97. The summed E-state index contributed by atoms with van der Waals surface area (Å²) in [6.07, 6.45) is -3.35. The molecule has 0 aromatic heterocycles. The van der Waals surface area contributed by atoms with Gasteiger partial charge in [0.1, 0.15) is 18.8 Å². The second kappa shape index (κ2) is 13.1. The van der Waals surface area contributed by atoms with E-state index in [1.165, 1.54) is 12.1 Å². The molecule has 4 fully saturated rings. The SMILES string of the molecule is O=C1c2ccccc2C(=O)N1CC(F)(F)C1CC2(CCO1)OCCO2.O=S(=O)(OCC(F)(F)C1CC2(CCO1)OCCO2)C(F)(F)F. The molecular formula is C27H30F7NO11S. The van der Waals surface area contributed by atoms with Crippen molar-refractivity contribution in [2.45, 2.75) is 66.8 Å². The van der Waals surface area contributed by atoms with Gasteiger partial charge in [0, 0.05) is 25.7 Å². The van der Waals surface area contributed by atoms with Gasteiger partial charge < -0.3 is 28.4 Å². The fraction of sp³-hybridized carbons (Fsp3) is 0.704. The molecule has 6 rings (SSSR count). The molecular weight excluding hydrogens is 679 g/mol. The van der Waals surface area contributed by atoms with Crippen molar-refractivity contribution in [2.75, 3.05) is 52.8 Å². The maximum absolute atomic E-state index is 14.8. The maximum atomic E-state index is 14.8. The molecule has 12 nitrogen and oxygen atoms in total. The van der Waals surface area contributed by atoms with E-state index in [0.29, 0.717) is 24.5 Å². The summed E-state index contributed by atoms with van der Waals surface area (Å²) in [4.78, 5) is 25.2. The summed E-state index contributed by atoms with van der Waals surface area (Å²) in [5, 5.41) is 0. The molecule has 0 aliphatic carbocycles. The van der Waals surface area contributed by atoms with E-state index in [-0.39, 0.29) is 50.4 Å². The first-order valence-corrected chi connectivity index (χ1v) is 15.8. The van der Waals surface area contributed by atoms with Gasteiger partial charge in [-0.2, -0.15) is 21.6 Å². The highest BCUT2D eigenvalue weighted by Crippen LogP contribution is 2.41. The second-order valence-electron chi connectivity index (χ2n) is 11.3. The summed E-state index contributed by atoms with van der Waals surface area (Å²) in [5.41, 5.74) is -5.48. The first-order chi connectivity index (χ1) is 21.9. The normalized spacial score (nSPS) is 26.1. The van der Waals surface area contributed by atoms with Gasteiger partial charge in [-0.05, 0) is 12.1 Å². The lowest BCUT2D eigenvalue weighted by Gasteiger charge is -2.39. The van der Waals surface area contributed by atoms with Crippen molar-refractivity contribution < 1.29 is 81.3 Å². The van der Waals surface area contributed by atoms with Gasteiger partial charge in [0.05, 0.1) is 57.3 Å². The molecule has 0 N–H and O–H groups in total. The Bertz CT molecular complexity index is 1390. The molecule has 2 spiro atoms. The van der Waals surface area contributed by atoms with Gasteiger partial charge in [-0.3, -0.25) is 18.7 Å². The van der Waals surface area contributed by atoms with Crippen LogP contribution in [-0.4, -0.2) is 119 Å². The highest BCUT2D eigenvalue weighted by Gasteiger charge is 2.55. The van der Waals surface area contributed by atoms with Gasteiger partial charge in [-0.15, -0.1) is 0 Å². The third-order valence-electron chi connectivity index (χ3n) is 8.10. The van der Waals surface area contributed by atoms with E-state index in [4.69, 9.17) is 28.4 Å². The number of alkyl halides is 7. The second-order valence-corrected chi connectivity index (χ2v) is 12.9. The number of nitrogens with zero attached hydrogens (tertiary/aromatic N) is 1. The number of hydrogen-bond donors (Lipinski definition) is 0.